The second-order valence-electron chi connectivity index (χ2n) is 4.64. The van der Waals surface area contributed by atoms with Crippen LogP contribution < -0.4 is 0 Å². The van der Waals surface area contributed by atoms with E-state index in [1.807, 2.05) is 36.6 Å². The van der Waals surface area contributed by atoms with Crippen molar-refractivity contribution in [3.63, 3.8) is 0 Å². The topological polar surface area (TPSA) is 33.6 Å². The minimum atomic E-state index is 0.599. The van der Waals surface area contributed by atoms with Crippen molar-refractivity contribution >= 4 is 50.9 Å². The monoisotopic (exact) mass is 367 g/mol. The molecule has 6 heteroatoms. The second kappa shape index (κ2) is 4.98. The Morgan fingerprint density at radius 3 is 2.80 bits per heavy atom. The van der Waals surface area contributed by atoms with E-state index < -0.39 is 0 Å². The van der Waals surface area contributed by atoms with Crippen molar-refractivity contribution in [3.05, 3.63) is 49.8 Å². The van der Waals surface area contributed by atoms with E-state index in [1.165, 1.54) is 0 Å². The number of aryl methyl sites for hydroxylation is 2. The van der Waals surface area contributed by atoms with Gasteiger partial charge < -0.3 is 4.98 Å². The zero-order valence-electron chi connectivity index (χ0n) is 10.9. The number of halogens is 2. The van der Waals surface area contributed by atoms with E-state index >= 15 is 0 Å². The number of imidazole rings is 1. The Labute approximate surface area is 134 Å². The fraction of sp³-hybridized carbons (Fsp3) is 0.143. The number of hydrogen-bond acceptors (Lipinski definition) is 2. The van der Waals surface area contributed by atoms with Gasteiger partial charge >= 0.3 is 0 Å². The van der Waals surface area contributed by atoms with Crippen molar-refractivity contribution < 1.29 is 0 Å². The summed E-state index contributed by atoms with van der Waals surface area (Å²) in [7, 11) is 0. The molecule has 1 N–H and O–H groups in total. The molecule has 3 nitrogen and oxygen atoms in total. The quantitative estimate of drug-likeness (QED) is 0.605. The third-order valence-electron chi connectivity index (χ3n) is 3.26. The summed E-state index contributed by atoms with van der Waals surface area (Å²) in [5.41, 5.74) is 4.75. The van der Waals surface area contributed by atoms with Gasteiger partial charge in [-0.3, -0.25) is 4.57 Å². The second-order valence-corrected chi connectivity index (χ2v) is 6.29. The zero-order chi connectivity index (χ0) is 14.4. The van der Waals surface area contributed by atoms with E-state index in [2.05, 4.69) is 25.9 Å². The minimum Gasteiger partial charge on any atom is -0.329 e. The molecule has 102 valence electrons. The molecule has 2 heterocycles. The number of aromatic amines is 1. The van der Waals surface area contributed by atoms with Gasteiger partial charge in [-0.05, 0) is 71.3 Å². The van der Waals surface area contributed by atoms with Gasteiger partial charge in [-0.1, -0.05) is 11.6 Å². The van der Waals surface area contributed by atoms with Gasteiger partial charge in [0.15, 0.2) is 10.4 Å². The highest BCUT2D eigenvalue weighted by Crippen LogP contribution is 2.30. The van der Waals surface area contributed by atoms with Crippen LogP contribution in [0.3, 0.4) is 0 Å². The van der Waals surface area contributed by atoms with Crippen molar-refractivity contribution in [2.75, 3.05) is 0 Å². The molecular weight excluding hydrogens is 358 g/mol. The van der Waals surface area contributed by atoms with E-state index in [9.17, 15) is 0 Å². The first-order chi connectivity index (χ1) is 9.49. The van der Waals surface area contributed by atoms with Crippen molar-refractivity contribution in [2.45, 2.75) is 13.8 Å². The maximum absolute atomic E-state index is 6.24. The van der Waals surface area contributed by atoms with Crippen LogP contribution in [0.5, 0.6) is 0 Å². The Bertz CT molecular complexity index is 882. The molecule has 0 saturated carbocycles. The zero-order valence-corrected chi connectivity index (χ0v) is 14.0. The SMILES string of the molecule is Cc1cc(Br)c(-n2c(=S)[nH]c3c(C)ccnc32)cc1Cl. The molecule has 0 aliphatic heterocycles. The van der Waals surface area contributed by atoms with Gasteiger partial charge in [0, 0.05) is 15.7 Å². The largest absolute Gasteiger partial charge is 0.329 e. The molecule has 0 aliphatic rings. The van der Waals surface area contributed by atoms with Gasteiger partial charge in [0.2, 0.25) is 0 Å². The highest BCUT2D eigenvalue weighted by Gasteiger charge is 2.13. The van der Waals surface area contributed by atoms with Crippen LogP contribution in [0.1, 0.15) is 11.1 Å². The minimum absolute atomic E-state index is 0.599. The van der Waals surface area contributed by atoms with Crippen molar-refractivity contribution in [2.24, 2.45) is 0 Å². The fourth-order valence-corrected chi connectivity index (χ4v) is 3.24. The van der Waals surface area contributed by atoms with E-state index in [0.717, 1.165) is 32.5 Å². The highest BCUT2D eigenvalue weighted by atomic mass is 79.9. The summed E-state index contributed by atoms with van der Waals surface area (Å²) >= 11 is 15.2. The normalized spacial score (nSPS) is 11.2. The Morgan fingerprint density at radius 1 is 1.30 bits per heavy atom. The first-order valence-corrected chi connectivity index (χ1v) is 7.59. The third-order valence-corrected chi connectivity index (χ3v) is 4.58. The maximum atomic E-state index is 6.24. The molecule has 0 amide bonds. The van der Waals surface area contributed by atoms with Crippen LogP contribution in [0.25, 0.3) is 16.9 Å². The molecule has 0 bridgehead atoms. The molecule has 2 aromatic heterocycles. The van der Waals surface area contributed by atoms with E-state index in [0.29, 0.717) is 9.79 Å². The number of pyridine rings is 1. The standard InChI is InChI=1S/C14H11BrClN3S/c1-7-3-4-17-13-12(7)18-14(20)19(13)11-6-10(16)8(2)5-9(11)15/h3-6H,1-2H3,(H,18,20). The summed E-state index contributed by atoms with van der Waals surface area (Å²) in [6, 6.07) is 5.83. The smallest absolute Gasteiger partial charge is 0.184 e. The summed E-state index contributed by atoms with van der Waals surface area (Å²) in [4.78, 5) is 7.64. The number of aromatic nitrogens is 3. The van der Waals surface area contributed by atoms with Crippen LogP contribution in [0.4, 0.5) is 0 Å². The predicted molar refractivity (Wildman–Crippen MR) is 88.4 cm³/mol. The summed E-state index contributed by atoms with van der Waals surface area (Å²) in [6.45, 7) is 3.99. The van der Waals surface area contributed by atoms with Crippen LogP contribution >= 0.6 is 39.7 Å². The molecule has 0 unspecified atom stereocenters. The number of hydrogen-bond donors (Lipinski definition) is 1. The first-order valence-electron chi connectivity index (χ1n) is 6.01. The molecule has 0 spiro atoms. The number of nitrogens with zero attached hydrogens (tertiary/aromatic N) is 2. The molecule has 1 aromatic carbocycles. The van der Waals surface area contributed by atoms with E-state index in [4.69, 9.17) is 23.8 Å². The lowest BCUT2D eigenvalue weighted by Crippen LogP contribution is -1.98. The molecule has 0 saturated heterocycles. The lowest BCUT2D eigenvalue weighted by molar-refractivity contribution is 1.03. The van der Waals surface area contributed by atoms with Gasteiger partial charge in [-0.25, -0.2) is 4.98 Å². The van der Waals surface area contributed by atoms with Crippen LogP contribution in [0.15, 0.2) is 28.9 Å². The van der Waals surface area contributed by atoms with Crippen molar-refractivity contribution in [1.82, 2.24) is 14.5 Å². The van der Waals surface area contributed by atoms with E-state index in [1.54, 1.807) is 6.20 Å². The Balaban J connectivity index is 2.41. The van der Waals surface area contributed by atoms with Crippen molar-refractivity contribution in [3.8, 4) is 5.69 Å². The molecule has 0 aliphatic carbocycles. The molecule has 0 radical (unpaired) electrons. The highest BCUT2D eigenvalue weighted by molar-refractivity contribution is 9.10. The van der Waals surface area contributed by atoms with Crippen LogP contribution in [0, 0.1) is 18.6 Å². The number of H-pyrrole nitrogens is 1. The summed E-state index contributed by atoms with van der Waals surface area (Å²) in [5.74, 6) is 0. The van der Waals surface area contributed by atoms with Gasteiger partial charge in [0.1, 0.15) is 0 Å². The lowest BCUT2D eigenvalue weighted by atomic mass is 10.2. The fourth-order valence-electron chi connectivity index (χ4n) is 2.16. The summed E-state index contributed by atoms with van der Waals surface area (Å²) < 4.78 is 3.43. The molecule has 3 rings (SSSR count). The Hall–Kier alpha value is -1.17. The molecule has 0 atom stereocenters. The maximum Gasteiger partial charge on any atom is 0.184 e. The average Bonchev–Trinajstić information content (AvgIpc) is 2.72. The van der Waals surface area contributed by atoms with Crippen LogP contribution in [0.2, 0.25) is 5.02 Å². The lowest BCUT2D eigenvalue weighted by Gasteiger charge is -2.09. The predicted octanol–water partition coefficient (Wildman–Crippen LogP) is 5.12. The van der Waals surface area contributed by atoms with Gasteiger partial charge in [-0.2, -0.15) is 0 Å². The van der Waals surface area contributed by atoms with E-state index in [-0.39, 0.29) is 0 Å². The third kappa shape index (κ3) is 2.10. The van der Waals surface area contributed by atoms with Gasteiger partial charge in [0.25, 0.3) is 0 Å². The first kappa shape index (κ1) is 13.8. The Morgan fingerprint density at radius 2 is 2.05 bits per heavy atom. The number of fused-ring (bicyclic) bond motifs is 1. The molecule has 3 aromatic rings. The average molecular weight is 369 g/mol. The molecule has 0 fully saturated rings. The molecular formula is C14H11BrClN3S. The summed E-state index contributed by atoms with van der Waals surface area (Å²) in [5, 5.41) is 0.701. The number of benzene rings is 1. The van der Waals surface area contributed by atoms with Crippen LogP contribution in [-0.4, -0.2) is 14.5 Å². The number of rotatable bonds is 1. The molecule has 20 heavy (non-hydrogen) atoms. The Kier molecular flexibility index (Phi) is 3.44. The summed E-state index contributed by atoms with van der Waals surface area (Å²) in [6.07, 6.45) is 1.78. The van der Waals surface area contributed by atoms with Crippen LogP contribution in [-0.2, 0) is 0 Å². The van der Waals surface area contributed by atoms with Gasteiger partial charge in [0.05, 0.1) is 11.2 Å². The number of nitrogens with one attached hydrogen (secondary N) is 1. The van der Waals surface area contributed by atoms with Gasteiger partial charge in [-0.15, -0.1) is 0 Å². The van der Waals surface area contributed by atoms with Crippen molar-refractivity contribution in [1.29, 1.82) is 0 Å².